The number of benzene rings is 3. The van der Waals surface area contributed by atoms with Crippen LogP contribution in [0.5, 0.6) is 0 Å². The maximum absolute atomic E-state index is 12.8. The lowest BCUT2D eigenvalue weighted by Crippen LogP contribution is -2.48. The summed E-state index contributed by atoms with van der Waals surface area (Å²) < 4.78 is 2.16. The minimum Gasteiger partial charge on any atom is -0.342 e. The summed E-state index contributed by atoms with van der Waals surface area (Å²) in [5, 5.41) is 8.57. The van der Waals surface area contributed by atoms with Crippen molar-refractivity contribution in [1.29, 1.82) is 0 Å². The van der Waals surface area contributed by atoms with Crippen LogP contribution in [0.1, 0.15) is 35.3 Å². The third-order valence-electron chi connectivity index (χ3n) is 5.74. The zero-order valence-corrected chi connectivity index (χ0v) is 20.4. The van der Waals surface area contributed by atoms with E-state index in [1.165, 1.54) is 5.56 Å². The van der Waals surface area contributed by atoms with E-state index in [-0.39, 0.29) is 17.7 Å². The van der Waals surface area contributed by atoms with Gasteiger partial charge in [0.05, 0.1) is 6.21 Å². The number of nitrogens with one attached hydrogen (secondary N) is 2. The Morgan fingerprint density at radius 1 is 0.971 bits per heavy atom. The Morgan fingerprint density at radius 2 is 1.66 bits per heavy atom. The van der Waals surface area contributed by atoms with Gasteiger partial charge in [-0.3, -0.25) is 9.59 Å². The first-order chi connectivity index (χ1) is 16.9. The van der Waals surface area contributed by atoms with E-state index in [4.69, 9.17) is 11.6 Å². The molecule has 3 aromatic carbocycles. The number of fused-ring (bicyclic) bond motifs is 1. The number of para-hydroxylation sites is 1. The van der Waals surface area contributed by atoms with Gasteiger partial charge in [0.25, 0.3) is 11.8 Å². The Labute approximate surface area is 209 Å². The molecular weight excluding hydrogens is 460 g/mol. The predicted octanol–water partition coefficient (Wildman–Crippen LogP) is 5.25. The van der Waals surface area contributed by atoms with Crippen molar-refractivity contribution in [2.75, 3.05) is 0 Å². The molecule has 1 heterocycles. The first-order valence-corrected chi connectivity index (χ1v) is 11.8. The highest BCUT2D eigenvalue weighted by atomic mass is 35.5. The number of rotatable bonds is 8. The fourth-order valence-corrected chi connectivity index (χ4v) is 4.01. The highest BCUT2D eigenvalue weighted by Crippen LogP contribution is 2.21. The van der Waals surface area contributed by atoms with Crippen molar-refractivity contribution >= 4 is 40.5 Å². The van der Waals surface area contributed by atoms with Gasteiger partial charge in [-0.05, 0) is 41.8 Å². The van der Waals surface area contributed by atoms with E-state index in [0.717, 1.165) is 23.0 Å². The first kappa shape index (κ1) is 24.2. The number of nitrogens with zero attached hydrogens (tertiary/aromatic N) is 2. The number of amides is 2. The largest absolute Gasteiger partial charge is 0.342 e. The third-order valence-corrected chi connectivity index (χ3v) is 5.99. The molecule has 2 N–H and O–H groups in total. The van der Waals surface area contributed by atoms with Crippen molar-refractivity contribution in [1.82, 2.24) is 15.3 Å². The van der Waals surface area contributed by atoms with Gasteiger partial charge < -0.3 is 9.88 Å². The van der Waals surface area contributed by atoms with Gasteiger partial charge in [0.2, 0.25) is 0 Å². The van der Waals surface area contributed by atoms with Gasteiger partial charge in [-0.2, -0.15) is 5.10 Å². The molecule has 1 aromatic heterocycles. The van der Waals surface area contributed by atoms with Crippen LogP contribution in [0.4, 0.5) is 0 Å². The number of hydrogen-bond donors (Lipinski definition) is 2. The number of hydrogen-bond acceptors (Lipinski definition) is 3. The van der Waals surface area contributed by atoms with Crippen LogP contribution in [0.15, 0.2) is 90.2 Å². The normalized spacial score (nSPS) is 12.2. The topological polar surface area (TPSA) is 75.5 Å². The highest BCUT2D eigenvalue weighted by Gasteiger charge is 2.24. The van der Waals surface area contributed by atoms with E-state index in [9.17, 15) is 9.59 Å². The zero-order chi connectivity index (χ0) is 24.8. The number of halogens is 1. The molecule has 0 bridgehead atoms. The van der Waals surface area contributed by atoms with Crippen LogP contribution in [-0.4, -0.2) is 28.6 Å². The third kappa shape index (κ3) is 5.97. The highest BCUT2D eigenvalue weighted by molar-refractivity contribution is 6.30. The lowest BCUT2D eigenvalue weighted by molar-refractivity contribution is -0.123. The molecule has 6 nitrogen and oxygen atoms in total. The summed E-state index contributed by atoms with van der Waals surface area (Å²) in [5.41, 5.74) is 6.19. The van der Waals surface area contributed by atoms with Crippen molar-refractivity contribution < 1.29 is 9.59 Å². The summed E-state index contributed by atoms with van der Waals surface area (Å²) >= 11 is 5.90. The van der Waals surface area contributed by atoms with Gasteiger partial charge in [0.15, 0.2) is 0 Å². The van der Waals surface area contributed by atoms with Crippen LogP contribution in [0, 0.1) is 5.92 Å². The van der Waals surface area contributed by atoms with Crippen molar-refractivity contribution in [3.8, 4) is 0 Å². The van der Waals surface area contributed by atoms with Crippen molar-refractivity contribution in [2.45, 2.75) is 26.4 Å². The Bertz CT molecular complexity index is 1340. The standard InChI is InChI=1S/C28H27ClN4O2/c1-19(2)26(31-27(34)21-12-14-23(29)15-13-21)28(35)32-30-16-22-18-33(17-20-8-4-3-5-9-20)25-11-7-6-10-24(22)25/h3-16,18-19,26H,17H2,1-2H3,(H,31,34)(H,32,35)/b30-16-. The second-order valence-corrected chi connectivity index (χ2v) is 9.09. The van der Waals surface area contributed by atoms with Crippen molar-refractivity contribution in [2.24, 2.45) is 11.0 Å². The SMILES string of the molecule is CC(C)C(NC(=O)c1ccc(Cl)cc1)C(=O)N/N=C\c1cn(Cc2ccccc2)c2ccccc12. The molecule has 178 valence electrons. The molecule has 4 rings (SSSR count). The molecule has 0 saturated carbocycles. The Morgan fingerprint density at radius 3 is 2.37 bits per heavy atom. The lowest BCUT2D eigenvalue weighted by atomic mass is 10.0. The van der Waals surface area contributed by atoms with Crippen LogP contribution in [0.2, 0.25) is 5.02 Å². The molecule has 4 aromatic rings. The number of carbonyl (C=O) groups excluding carboxylic acids is 2. The summed E-state index contributed by atoms with van der Waals surface area (Å²) in [6.45, 7) is 4.47. The van der Waals surface area contributed by atoms with Crippen molar-refractivity contribution in [3.05, 3.63) is 107 Å². The van der Waals surface area contributed by atoms with E-state index in [2.05, 4.69) is 38.6 Å². The minimum absolute atomic E-state index is 0.130. The van der Waals surface area contributed by atoms with Gasteiger partial charge in [-0.1, -0.05) is 74.0 Å². The van der Waals surface area contributed by atoms with Gasteiger partial charge in [-0.25, -0.2) is 5.43 Å². The van der Waals surface area contributed by atoms with Gasteiger partial charge >= 0.3 is 0 Å². The fraction of sp³-hybridized carbons (Fsp3) is 0.179. The van der Waals surface area contributed by atoms with E-state index in [1.54, 1.807) is 30.5 Å². The second-order valence-electron chi connectivity index (χ2n) is 8.65. The monoisotopic (exact) mass is 486 g/mol. The molecule has 0 aliphatic rings. The zero-order valence-electron chi connectivity index (χ0n) is 19.6. The quantitative estimate of drug-likeness (QED) is 0.264. The second kappa shape index (κ2) is 11.0. The van der Waals surface area contributed by atoms with Crippen LogP contribution in [0.25, 0.3) is 10.9 Å². The van der Waals surface area contributed by atoms with Gasteiger partial charge in [-0.15, -0.1) is 0 Å². The molecular formula is C28H27ClN4O2. The summed E-state index contributed by atoms with van der Waals surface area (Å²) in [6.07, 6.45) is 3.66. The molecule has 0 spiro atoms. The van der Waals surface area contributed by atoms with Crippen LogP contribution < -0.4 is 10.7 Å². The Kier molecular flexibility index (Phi) is 7.63. The molecule has 0 radical (unpaired) electrons. The molecule has 0 saturated heterocycles. The Balaban J connectivity index is 1.47. The van der Waals surface area contributed by atoms with Crippen LogP contribution in [-0.2, 0) is 11.3 Å². The number of carbonyl (C=O) groups is 2. The van der Waals surface area contributed by atoms with E-state index in [0.29, 0.717) is 10.6 Å². The molecule has 0 aliphatic heterocycles. The number of hydrazone groups is 1. The summed E-state index contributed by atoms with van der Waals surface area (Å²) in [6, 6.07) is 24.1. The maximum atomic E-state index is 12.8. The molecule has 0 aliphatic carbocycles. The van der Waals surface area contributed by atoms with Gasteiger partial charge in [0, 0.05) is 39.8 Å². The summed E-state index contributed by atoms with van der Waals surface area (Å²) in [7, 11) is 0. The smallest absolute Gasteiger partial charge is 0.262 e. The summed E-state index contributed by atoms with van der Waals surface area (Å²) in [5.74, 6) is -0.857. The minimum atomic E-state index is -0.741. The average molecular weight is 487 g/mol. The van der Waals surface area contributed by atoms with Crippen LogP contribution >= 0.6 is 11.6 Å². The van der Waals surface area contributed by atoms with E-state index in [1.807, 2.05) is 56.4 Å². The van der Waals surface area contributed by atoms with E-state index >= 15 is 0 Å². The lowest BCUT2D eigenvalue weighted by Gasteiger charge is -2.20. The average Bonchev–Trinajstić information content (AvgIpc) is 3.20. The molecule has 0 fully saturated rings. The molecule has 2 amide bonds. The molecule has 7 heteroatoms. The first-order valence-electron chi connectivity index (χ1n) is 11.4. The van der Waals surface area contributed by atoms with Crippen molar-refractivity contribution in [3.63, 3.8) is 0 Å². The van der Waals surface area contributed by atoms with Gasteiger partial charge in [0.1, 0.15) is 6.04 Å². The molecule has 35 heavy (non-hydrogen) atoms. The summed E-state index contributed by atoms with van der Waals surface area (Å²) in [4.78, 5) is 25.4. The predicted molar refractivity (Wildman–Crippen MR) is 141 cm³/mol. The van der Waals surface area contributed by atoms with Crippen LogP contribution in [0.3, 0.4) is 0 Å². The fourth-order valence-electron chi connectivity index (χ4n) is 3.88. The molecule has 1 unspecified atom stereocenters. The Hall–Kier alpha value is -3.90. The van der Waals surface area contributed by atoms with E-state index < -0.39 is 6.04 Å². The number of aromatic nitrogens is 1. The maximum Gasteiger partial charge on any atom is 0.262 e. The molecule has 1 atom stereocenters.